The molecule has 0 N–H and O–H groups in total. The van der Waals surface area contributed by atoms with Gasteiger partial charge in [0.2, 0.25) is 0 Å². The summed E-state index contributed by atoms with van der Waals surface area (Å²) in [6.07, 6.45) is 11.8. The molecule has 0 unspecified atom stereocenters. The molecule has 120 heavy (non-hydrogen) atoms. The number of rotatable bonds is 18. The number of hydrogen-bond acceptors (Lipinski definition) is 6. The fraction of sp³-hybridized carbons (Fsp3) is 0. The van der Waals surface area contributed by atoms with E-state index in [2.05, 4.69) is 355 Å². The van der Waals surface area contributed by atoms with Crippen molar-refractivity contribution >= 4 is 63.7 Å². The molecule has 13 aromatic carbocycles. The van der Waals surface area contributed by atoms with Crippen LogP contribution in [0.5, 0.6) is 0 Å². The Hall–Kier alpha value is -12.0. The van der Waals surface area contributed by atoms with Crippen molar-refractivity contribution in [2.45, 2.75) is 0 Å². The van der Waals surface area contributed by atoms with Gasteiger partial charge in [-0.15, -0.1) is 119 Å². The summed E-state index contributed by atoms with van der Waals surface area (Å²) in [7, 11) is 0. The molecule has 6 heterocycles. The predicted molar refractivity (Wildman–Crippen MR) is 495 cm³/mol. The summed E-state index contributed by atoms with van der Waals surface area (Å²) in [6.45, 7) is 0. The molecular formula is C108H62Br4Ir2N6. The van der Waals surface area contributed by atoms with Gasteiger partial charge in [-0.25, -0.2) is 35.4 Å². The third-order valence-electron chi connectivity index (χ3n) is 21.2. The van der Waals surface area contributed by atoms with Crippen molar-refractivity contribution in [2.24, 2.45) is 0 Å². The van der Waals surface area contributed by atoms with Gasteiger partial charge >= 0.3 is 40.2 Å². The standard InChI is InChI=1S/C108H62Br4N6.2Ir/c109-87-21-13-17-71(59-87)105-49-43-77(65-115-105)93-27-3-9-33-99(93)83-53-81(54-84(57-83)100-34-10-4-28-94(100)78-44-50-106(116-66-78)72-18-14-22-88(110)60-72)97-31-7-1-25-91(97)75-41-47-103(113-63-75)69-37-39-70(40-38-69)104-48-42-76(64-114-104)92-26-2-8-32-98(92)82-55-85(101-35-11-5-29-95(101)79-45-51-107(117-67-79)73-19-15-23-89(111)61-73)58-86(56-82)102-36-12-6-30-96(102)80-46-52-108(118-68-80)74-20-16-24-90(112)62-74;;/h1-16,21-37,40-68H;;/q-6;2*+3. The molecule has 0 atom stereocenters. The molecule has 6 nitrogen and oxygen atoms in total. The van der Waals surface area contributed by atoms with Gasteiger partial charge in [0, 0.05) is 37.2 Å². The summed E-state index contributed by atoms with van der Waals surface area (Å²) < 4.78 is 3.91. The maximum absolute atomic E-state index is 5.13. The minimum absolute atomic E-state index is 0. The van der Waals surface area contributed by atoms with E-state index < -0.39 is 0 Å². The second-order valence-corrected chi connectivity index (χ2v) is 32.2. The Morgan fingerprint density at radius 1 is 0.167 bits per heavy atom. The Morgan fingerprint density at radius 3 is 0.483 bits per heavy atom. The van der Waals surface area contributed by atoms with Crippen molar-refractivity contribution in [1.29, 1.82) is 0 Å². The van der Waals surface area contributed by atoms with Crippen molar-refractivity contribution < 1.29 is 40.2 Å². The molecule has 12 heteroatoms. The molecule has 0 fully saturated rings. The van der Waals surface area contributed by atoms with Crippen molar-refractivity contribution in [3.8, 4) is 201 Å². The van der Waals surface area contributed by atoms with Crippen LogP contribution in [0.15, 0.2) is 395 Å². The molecule has 0 saturated carbocycles. The first kappa shape index (κ1) is 80.4. The summed E-state index contributed by atoms with van der Waals surface area (Å²) in [4.78, 5) is 30.2. The van der Waals surface area contributed by atoms with Crippen LogP contribution in [0.3, 0.4) is 0 Å². The van der Waals surface area contributed by atoms with Gasteiger partial charge in [-0.1, -0.05) is 311 Å². The molecule has 6 aromatic heterocycles. The average Bonchev–Trinajstić information content (AvgIpc) is 0.771. The number of aromatic nitrogens is 6. The Bertz CT molecular complexity index is 6230. The molecule has 570 valence electrons. The van der Waals surface area contributed by atoms with Gasteiger partial charge in [-0.3, -0.25) is 0 Å². The molecule has 0 aliphatic carbocycles. The van der Waals surface area contributed by atoms with Gasteiger partial charge in [-0.2, -0.15) is 0 Å². The molecule has 0 bridgehead atoms. The quantitative estimate of drug-likeness (QED) is 0.0797. The molecule has 0 aliphatic rings. The van der Waals surface area contributed by atoms with Crippen molar-refractivity contribution in [1.82, 2.24) is 29.9 Å². The first-order valence-electron chi connectivity index (χ1n) is 38.4. The van der Waals surface area contributed by atoms with Crippen LogP contribution in [0.25, 0.3) is 201 Å². The monoisotopic (exact) mass is 2140 g/mol. The third kappa shape index (κ3) is 17.3. The van der Waals surface area contributed by atoms with Gasteiger partial charge in [0.1, 0.15) is 0 Å². The average molecular weight is 2150 g/mol. The minimum atomic E-state index is 0. The fourth-order valence-electron chi connectivity index (χ4n) is 15.4. The molecular weight excluding hydrogens is 2090 g/mol. The number of pyridine rings is 6. The first-order chi connectivity index (χ1) is 58.1. The van der Waals surface area contributed by atoms with E-state index in [4.69, 9.17) is 29.9 Å². The van der Waals surface area contributed by atoms with Crippen LogP contribution in [0.1, 0.15) is 0 Å². The Balaban J connectivity index is 0.00000514. The number of halogens is 4. The number of nitrogens with zero attached hydrogens (tertiary/aromatic N) is 6. The summed E-state index contributed by atoms with van der Waals surface area (Å²) in [6, 6.07) is 139. The minimum Gasteiger partial charge on any atom is -0.314 e. The second kappa shape index (κ2) is 36.3. The van der Waals surface area contributed by atoms with E-state index in [0.29, 0.717) is 0 Å². The molecule has 0 spiro atoms. The molecule has 0 radical (unpaired) electrons. The summed E-state index contributed by atoms with van der Waals surface area (Å²) in [5, 5.41) is 0. The van der Waals surface area contributed by atoms with Gasteiger partial charge in [0.05, 0.1) is 0 Å². The summed E-state index contributed by atoms with van der Waals surface area (Å²) >= 11 is 14.5. The maximum Gasteiger partial charge on any atom is 3.00 e. The zero-order chi connectivity index (χ0) is 79.4. The van der Waals surface area contributed by atoms with Crippen LogP contribution < -0.4 is 0 Å². The zero-order valence-corrected chi connectivity index (χ0v) is 74.8. The topological polar surface area (TPSA) is 77.3 Å². The first-order valence-corrected chi connectivity index (χ1v) is 41.5. The normalized spacial score (nSPS) is 11.0. The summed E-state index contributed by atoms with van der Waals surface area (Å²) in [5.74, 6) is 0. The number of hydrogen-bond donors (Lipinski definition) is 0. The van der Waals surface area contributed by atoms with E-state index in [1.165, 1.54) is 0 Å². The molecule has 0 aliphatic heterocycles. The van der Waals surface area contributed by atoms with Gasteiger partial charge in [-0.05, 0) is 193 Å². The van der Waals surface area contributed by atoms with Crippen molar-refractivity contribution in [3.63, 3.8) is 0 Å². The molecule has 19 rings (SSSR count). The van der Waals surface area contributed by atoms with Crippen LogP contribution >= 0.6 is 63.7 Å². The summed E-state index contributed by atoms with van der Waals surface area (Å²) in [5.41, 5.74) is 35.3. The van der Waals surface area contributed by atoms with E-state index in [1.807, 2.05) is 122 Å². The Morgan fingerprint density at radius 2 is 0.333 bits per heavy atom. The van der Waals surface area contributed by atoms with Crippen LogP contribution in [0.2, 0.25) is 0 Å². The third-order valence-corrected chi connectivity index (χ3v) is 23.2. The van der Waals surface area contributed by atoms with Gasteiger partial charge in [0.25, 0.3) is 0 Å². The van der Waals surface area contributed by atoms with Crippen LogP contribution in [-0.2, 0) is 40.2 Å². The Kier molecular flexibility index (Phi) is 24.3. The van der Waals surface area contributed by atoms with Gasteiger partial charge in [0.15, 0.2) is 0 Å². The van der Waals surface area contributed by atoms with E-state index in [-0.39, 0.29) is 40.2 Å². The van der Waals surface area contributed by atoms with Crippen LogP contribution in [0.4, 0.5) is 0 Å². The molecule has 19 aromatic rings. The van der Waals surface area contributed by atoms with E-state index in [1.54, 1.807) is 0 Å². The maximum atomic E-state index is 5.13. The SMILES string of the molecule is Brc1cc[c-]c(-c2ccc(-c3ccccc3-c3cc(-c4ccccc4-c4ccc(-c5[c-]cc(-c6ccc(-c7ccccc7-c7cc(-c8ccccc8-c8ccc(-c9[c-]ccc(Br)c9)nc8)cc(-c8ccccc8-c8ccc(-c9[c-]ccc(Br)c9)nc8)c7)cn6)[c-]c5)nc4)cc(-c4ccccc4-c4ccc(-c5[c-]ccc(Br)c5)nc4)c3)cn2)c1.[Ir+3].[Ir+3]. The smallest absolute Gasteiger partial charge is 0.314 e. The largest absolute Gasteiger partial charge is 3.00 e. The van der Waals surface area contributed by atoms with Gasteiger partial charge < -0.3 is 29.9 Å². The van der Waals surface area contributed by atoms with E-state index in [9.17, 15) is 0 Å². The van der Waals surface area contributed by atoms with Crippen LogP contribution in [-0.4, -0.2) is 29.9 Å². The zero-order valence-electron chi connectivity index (χ0n) is 63.7. The fourth-order valence-corrected chi connectivity index (χ4v) is 16.9. The number of benzene rings is 13. The molecule has 0 amide bonds. The van der Waals surface area contributed by atoms with Crippen molar-refractivity contribution in [3.05, 3.63) is 431 Å². The van der Waals surface area contributed by atoms with E-state index in [0.717, 1.165) is 219 Å². The Labute approximate surface area is 758 Å². The van der Waals surface area contributed by atoms with Crippen LogP contribution in [0, 0.1) is 36.4 Å². The predicted octanol–water partition coefficient (Wildman–Crippen LogP) is 29.9. The van der Waals surface area contributed by atoms with E-state index >= 15 is 0 Å². The second-order valence-electron chi connectivity index (χ2n) is 28.6. The van der Waals surface area contributed by atoms with Crippen molar-refractivity contribution in [2.75, 3.05) is 0 Å². The molecule has 0 saturated heterocycles.